The van der Waals surface area contributed by atoms with Gasteiger partial charge < -0.3 is 10.5 Å². The van der Waals surface area contributed by atoms with Crippen molar-refractivity contribution in [3.63, 3.8) is 0 Å². The zero-order chi connectivity index (χ0) is 11.1. The van der Waals surface area contributed by atoms with Gasteiger partial charge in [0.1, 0.15) is 11.5 Å². The Morgan fingerprint density at radius 3 is 3.06 bits per heavy atom. The largest absolute Gasteiger partial charge is 0.382 e. The number of ether oxygens (including phenoxy) is 1. The molecule has 0 spiro atoms. The van der Waals surface area contributed by atoms with Crippen molar-refractivity contribution in [2.24, 2.45) is 11.7 Å². The molecule has 86 valence electrons. The number of hydrogen-bond donors (Lipinski definition) is 2. The maximum absolute atomic E-state index is 7.66. The summed E-state index contributed by atoms with van der Waals surface area (Å²) in [5, 5.41) is 12.2. The summed E-state index contributed by atoms with van der Waals surface area (Å²) in [6.45, 7) is 2.18. The smallest absolute Gasteiger partial charge is 0.141 e. The molecule has 16 heavy (non-hydrogen) atoms. The lowest BCUT2D eigenvalue weighted by molar-refractivity contribution is 0.110. The average Bonchev–Trinajstić information content (AvgIpc) is 2.97. The molecule has 0 amide bonds. The van der Waals surface area contributed by atoms with Crippen molar-refractivity contribution in [1.82, 2.24) is 9.78 Å². The van der Waals surface area contributed by atoms with E-state index in [4.69, 9.17) is 15.9 Å². The lowest BCUT2D eigenvalue weighted by Crippen LogP contribution is -2.21. The molecule has 0 radical (unpaired) electrons. The van der Waals surface area contributed by atoms with Crippen molar-refractivity contribution in [3.8, 4) is 0 Å². The fourth-order valence-corrected chi connectivity index (χ4v) is 2.22. The van der Waals surface area contributed by atoms with E-state index in [9.17, 15) is 0 Å². The molecule has 0 saturated heterocycles. The standard InChI is InChI=1S/C11H16N4O/c12-11(13)10-8-6-16-4-3-9(8)14-15(10)5-7-1-2-7/h7H,1-6H2,(H3,12,13). The summed E-state index contributed by atoms with van der Waals surface area (Å²) < 4.78 is 7.33. The molecular formula is C11H16N4O. The van der Waals surface area contributed by atoms with Crippen LogP contribution in [0.4, 0.5) is 0 Å². The second kappa shape index (κ2) is 3.59. The number of aromatic nitrogens is 2. The van der Waals surface area contributed by atoms with E-state index in [0.29, 0.717) is 6.61 Å². The lowest BCUT2D eigenvalue weighted by Gasteiger charge is -2.11. The Morgan fingerprint density at radius 2 is 2.38 bits per heavy atom. The third kappa shape index (κ3) is 1.61. The molecule has 3 N–H and O–H groups in total. The van der Waals surface area contributed by atoms with Crippen molar-refractivity contribution in [2.45, 2.75) is 32.4 Å². The zero-order valence-electron chi connectivity index (χ0n) is 9.20. The van der Waals surface area contributed by atoms with Gasteiger partial charge in [-0.2, -0.15) is 5.10 Å². The van der Waals surface area contributed by atoms with E-state index in [1.807, 2.05) is 4.68 Å². The van der Waals surface area contributed by atoms with Gasteiger partial charge in [0.25, 0.3) is 0 Å². The Hall–Kier alpha value is -1.36. The number of nitrogen functional groups attached to an aromatic ring is 1. The molecule has 5 heteroatoms. The second-order valence-corrected chi connectivity index (χ2v) is 4.62. The van der Waals surface area contributed by atoms with Crippen LogP contribution < -0.4 is 5.73 Å². The molecule has 3 rings (SSSR count). The fourth-order valence-electron chi connectivity index (χ4n) is 2.22. The van der Waals surface area contributed by atoms with Crippen LogP contribution in [0.3, 0.4) is 0 Å². The van der Waals surface area contributed by atoms with Gasteiger partial charge in [-0.05, 0) is 18.8 Å². The molecule has 0 atom stereocenters. The SMILES string of the molecule is N=C(N)c1c2c(nn1CC1CC1)CCOC2. The molecule has 1 fully saturated rings. The number of nitrogens with zero attached hydrogens (tertiary/aromatic N) is 2. The Balaban J connectivity index is 2.00. The van der Waals surface area contributed by atoms with Gasteiger partial charge in [0.05, 0.1) is 18.9 Å². The fraction of sp³-hybridized carbons (Fsp3) is 0.636. The highest BCUT2D eigenvalue weighted by molar-refractivity contribution is 5.95. The van der Waals surface area contributed by atoms with E-state index in [2.05, 4.69) is 5.10 Å². The predicted molar refractivity (Wildman–Crippen MR) is 59.3 cm³/mol. The van der Waals surface area contributed by atoms with Crippen molar-refractivity contribution in [1.29, 1.82) is 5.41 Å². The first kappa shape index (κ1) is 9.84. The van der Waals surface area contributed by atoms with E-state index in [0.717, 1.165) is 42.4 Å². The number of fused-ring (bicyclic) bond motifs is 1. The first-order valence-electron chi connectivity index (χ1n) is 5.76. The highest BCUT2D eigenvalue weighted by atomic mass is 16.5. The van der Waals surface area contributed by atoms with Gasteiger partial charge in [0.15, 0.2) is 0 Å². The number of nitrogens with two attached hydrogens (primary N) is 1. The molecule has 5 nitrogen and oxygen atoms in total. The van der Waals surface area contributed by atoms with Crippen molar-refractivity contribution in [2.75, 3.05) is 6.61 Å². The third-order valence-electron chi connectivity index (χ3n) is 3.25. The van der Waals surface area contributed by atoms with Crippen molar-refractivity contribution >= 4 is 5.84 Å². The van der Waals surface area contributed by atoms with Crippen LogP contribution in [0.15, 0.2) is 0 Å². The van der Waals surface area contributed by atoms with Crippen LogP contribution in [-0.4, -0.2) is 22.2 Å². The summed E-state index contributed by atoms with van der Waals surface area (Å²) in [7, 11) is 0. The summed E-state index contributed by atoms with van der Waals surface area (Å²) in [6.07, 6.45) is 3.39. The summed E-state index contributed by atoms with van der Waals surface area (Å²) in [5.74, 6) is 0.847. The number of rotatable bonds is 3. The van der Waals surface area contributed by atoms with Gasteiger partial charge in [-0.15, -0.1) is 0 Å². The van der Waals surface area contributed by atoms with Gasteiger partial charge in [-0.3, -0.25) is 10.1 Å². The average molecular weight is 220 g/mol. The Labute approximate surface area is 94.1 Å². The molecule has 0 bridgehead atoms. The van der Waals surface area contributed by atoms with Crippen LogP contribution in [0, 0.1) is 11.3 Å². The molecular weight excluding hydrogens is 204 g/mol. The minimum atomic E-state index is 0.111. The van der Waals surface area contributed by atoms with E-state index >= 15 is 0 Å². The molecule has 1 aromatic rings. The van der Waals surface area contributed by atoms with Crippen LogP contribution in [-0.2, 0) is 24.3 Å². The van der Waals surface area contributed by atoms with Crippen LogP contribution in [0.25, 0.3) is 0 Å². The molecule has 1 aliphatic carbocycles. The molecule has 2 aliphatic rings. The van der Waals surface area contributed by atoms with Gasteiger partial charge in [0, 0.05) is 18.5 Å². The van der Waals surface area contributed by atoms with E-state index in [1.165, 1.54) is 12.8 Å². The minimum absolute atomic E-state index is 0.111. The Bertz CT molecular complexity index is 433. The minimum Gasteiger partial charge on any atom is -0.382 e. The molecule has 1 aromatic heterocycles. The summed E-state index contributed by atoms with van der Waals surface area (Å²) in [5.41, 5.74) is 8.52. The monoisotopic (exact) mass is 220 g/mol. The zero-order valence-corrected chi connectivity index (χ0v) is 9.20. The maximum atomic E-state index is 7.66. The quantitative estimate of drug-likeness (QED) is 0.580. The van der Waals surface area contributed by atoms with Crippen LogP contribution in [0.1, 0.15) is 29.8 Å². The molecule has 1 saturated carbocycles. The van der Waals surface area contributed by atoms with Crippen molar-refractivity contribution < 1.29 is 4.74 Å². The third-order valence-corrected chi connectivity index (χ3v) is 3.25. The van der Waals surface area contributed by atoms with Gasteiger partial charge in [0.2, 0.25) is 0 Å². The second-order valence-electron chi connectivity index (χ2n) is 4.62. The topological polar surface area (TPSA) is 76.9 Å². The maximum Gasteiger partial charge on any atom is 0.141 e. The van der Waals surface area contributed by atoms with Gasteiger partial charge in [-0.25, -0.2) is 0 Å². The van der Waals surface area contributed by atoms with Crippen LogP contribution in [0.5, 0.6) is 0 Å². The number of hydrogen-bond acceptors (Lipinski definition) is 3. The van der Waals surface area contributed by atoms with Crippen LogP contribution >= 0.6 is 0 Å². The Kier molecular flexibility index (Phi) is 2.21. The van der Waals surface area contributed by atoms with E-state index in [1.54, 1.807) is 0 Å². The summed E-state index contributed by atoms with van der Waals surface area (Å²) >= 11 is 0. The molecule has 1 aliphatic heterocycles. The van der Waals surface area contributed by atoms with E-state index in [-0.39, 0.29) is 5.84 Å². The highest BCUT2D eigenvalue weighted by Crippen LogP contribution is 2.32. The lowest BCUT2D eigenvalue weighted by atomic mass is 10.1. The van der Waals surface area contributed by atoms with Crippen molar-refractivity contribution in [3.05, 3.63) is 17.0 Å². The van der Waals surface area contributed by atoms with E-state index < -0.39 is 0 Å². The predicted octanol–water partition coefficient (Wildman–Crippen LogP) is 0.650. The first-order chi connectivity index (χ1) is 7.75. The van der Waals surface area contributed by atoms with Gasteiger partial charge in [-0.1, -0.05) is 0 Å². The molecule has 2 heterocycles. The highest BCUT2D eigenvalue weighted by Gasteiger charge is 2.27. The summed E-state index contributed by atoms with van der Waals surface area (Å²) in [4.78, 5) is 0. The van der Waals surface area contributed by atoms with Crippen LogP contribution in [0.2, 0.25) is 0 Å². The summed E-state index contributed by atoms with van der Waals surface area (Å²) in [6, 6.07) is 0. The van der Waals surface area contributed by atoms with Gasteiger partial charge >= 0.3 is 0 Å². The number of nitrogens with one attached hydrogen (secondary N) is 1. The molecule has 0 aromatic carbocycles. The Morgan fingerprint density at radius 1 is 1.56 bits per heavy atom. The molecule has 0 unspecified atom stereocenters. The first-order valence-corrected chi connectivity index (χ1v) is 5.76. The normalized spacial score (nSPS) is 19.5. The number of amidine groups is 1.